The minimum absolute atomic E-state index is 0.0980. The summed E-state index contributed by atoms with van der Waals surface area (Å²) in [6, 6.07) is 10.6. The van der Waals surface area contributed by atoms with Crippen molar-refractivity contribution in [3.05, 3.63) is 81.1 Å². The summed E-state index contributed by atoms with van der Waals surface area (Å²) in [5.41, 5.74) is 1.27. The molecule has 1 fully saturated rings. The van der Waals surface area contributed by atoms with Gasteiger partial charge in [-0.05, 0) is 55.2 Å². The fourth-order valence-electron chi connectivity index (χ4n) is 4.85. The van der Waals surface area contributed by atoms with Crippen LogP contribution in [-0.4, -0.2) is 44.6 Å². The fraction of sp³-hybridized carbons (Fsp3) is 0.360. The van der Waals surface area contributed by atoms with Gasteiger partial charge in [0, 0.05) is 37.0 Å². The maximum absolute atomic E-state index is 13.1. The van der Waals surface area contributed by atoms with Crippen LogP contribution in [0.15, 0.2) is 42.5 Å². The highest BCUT2D eigenvalue weighted by Crippen LogP contribution is 2.34. The van der Waals surface area contributed by atoms with Crippen molar-refractivity contribution in [3.8, 4) is 0 Å². The summed E-state index contributed by atoms with van der Waals surface area (Å²) in [7, 11) is 0. The van der Waals surface area contributed by atoms with Gasteiger partial charge in [0.25, 0.3) is 5.91 Å². The Morgan fingerprint density at radius 3 is 2.49 bits per heavy atom. The predicted molar refractivity (Wildman–Crippen MR) is 130 cm³/mol. The van der Waals surface area contributed by atoms with Crippen molar-refractivity contribution < 1.29 is 14.0 Å². The molecular weight excluding hydrogens is 492 g/mol. The van der Waals surface area contributed by atoms with Crippen LogP contribution in [0.5, 0.6) is 0 Å². The summed E-state index contributed by atoms with van der Waals surface area (Å²) in [5, 5.41) is 12.5. The number of carbonyl (C=O) groups excluding carboxylic acids is 2. The highest BCUT2D eigenvalue weighted by Gasteiger charge is 2.36. The summed E-state index contributed by atoms with van der Waals surface area (Å²) in [6.45, 7) is 1.45. The van der Waals surface area contributed by atoms with Gasteiger partial charge in [0.05, 0.1) is 10.6 Å². The number of likely N-dealkylation sites (tertiary alicyclic amines) is 1. The Bertz CT molecular complexity index is 1260. The zero-order valence-corrected chi connectivity index (χ0v) is 20.4. The van der Waals surface area contributed by atoms with Crippen molar-refractivity contribution in [3.63, 3.8) is 0 Å². The minimum Gasteiger partial charge on any atom is -0.350 e. The molecule has 3 aromatic rings. The van der Waals surface area contributed by atoms with Gasteiger partial charge in [-0.1, -0.05) is 35.3 Å². The highest BCUT2D eigenvalue weighted by atomic mass is 35.5. The summed E-state index contributed by atoms with van der Waals surface area (Å²) in [4.78, 5) is 27.7. The van der Waals surface area contributed by atoms with E-state index in [0.29, 0.717) is 48.1 Å². The molecule has 1 saturated heterocycles. The van der Waals surface area contributed by atoms with Crippen LogP contribution >= 0.6 is 23.2 Å². The Morgan fingerprint density at radius 2 is 1.77 bits per heavy atom. The van der Waals surface area contributed by atoms with Gasteiger partial charge in [-0.15, -0.1) is 10.2 Å². The molecule has 2 aliphatic heterocycles. The van der Waals surface area contributed by atoms with Gasteiger partial charge < -0.3 is 14.8 Å². The van der Waals surface area contributed by atoms with E-state index in [1.54, 1.807) is 35.2 Å². The summed E-state index contributed by atoms with van der Waals surface area (Å²) < 4.78 is 15.1. The van der Waals surface area contributed by atoms with E-state index in [-0.39, 0.29) is 29.6 Å². The molecule has 1 aromatic heterocycles. The van der Waals surface area contributed by atoms with E-state index in [1.807, 2.05) is 4.57 Å². The third-order valence-electron chi connectivity index (χ3n) is 6.74. The third-order valence-corrected chi connectivity index (χ3v) is 7.29. The SMILES string of the molecule is O=C(NCc1ccc(F)cc1)C1CCc2nnc(C3CCN(C(=O)c4ccc(Cl)cc4Cl)CC3)n21. The van der Waals surface area contributed by atoms with Gasteiger partial charge in [0.2, 0.25) is 5.91 Å². The molecule has 2 amide bonds. The molecule has 0 saturated carbocycles. The van der Waals surface area contributed by atoms with E-state index in [2.05, 4.69) is 15.5 Å². The van der Waals surface area contributed by atoms with E-state index >= 15 is 0 Å². The molecule has 7 nitrogen and oxygen atoms in total. The zero-order valence-electron chi connectivity index (χ0n) is 18.9. The van der Waals surface area contributed by atoms with Crippen LogP contribution in [0.1, 0.15) is 58.8 Å². The first kappa shape index (κ1) is 23.8. The van der Waals surface area contributed by atoms with E-state index < -0.39 is 0 Å². The second kappa shape index (κ2) is 9.95. The van der Waals surface area contributed by atoms with E-state index in [4.69, 9.17) is 23.2 Å². The molecule has 3 heterocycles. The van der Waals surface area contributed by atoms with Gasteiger partial charge in [-0.25, -0.2) is 4.39 Å². The Balaban J connectivity index is 1.23. The molecule has 182 valence electrons. The largest absolute Gasteiger partial charge is 0.350 e. The number of aromatic nitrogens is 3. The molecule has 0 aliphatic carbocycles. The lowest BCUT2D eigenvalue weighted by atomic mass is 9.95. The van der Waals surface area contributed by atoms with Gasteiger partial charge in [0.15, 0.2) is 0 Å². The number of halogens is 3. The minimum atomic E-state index is -0.372. The number of carbonyl (C=O) groups is 2. The lowest BCUT2D eigenvalue weighted by Crippen LogP contribution is -2.39. The van der Waals surface area contributed by atoms with Crippen molar-refractivity contribution in [2.75, 3.05) is 13.1 Å². The van der Waals surface area contributed by atoms with Crippen LogP contribution in [0.25, 0.3) is 0 Å². The number of amides is 2. The van der Waals surface area contributed by atoms with Crippen LogP contribution in [0.3, 0.4) is 0 Å². The molecule has 0 radical (unpaired) electrons. The number of rotatable bonds is 5. The second-order valence-electron chi connectivity index (χ2n) is 8.93. The fourth-order valence-corrected chi connectivity index (χ4v) is 5.34. The van der Waals surface area contributed by atoms with Gasteiger partial charge in [-0.3, -0.25) is 9.59 Å². The van der Waals surface area contributed by atoms with Crippen LogP contribution in [0.4, 0.5) is 4.39 Å². The topological polar surface area (TPSA) is 80.1 Å². The molecule has 10 heteroatoms. The lowest BCUT2D eigenvalue weighted by molar-refractivity contribution is -0.124. The number of aryl methyl sites for hydroxylation is 1. The molecule has 1 unspecified atom stereocenters. The second-order valence-corrected chi connectivity index (χ2v) is 9.78. The van der Waals surface area contributed by atoms with E-state index in [1.165, 1.54) is 12.1 Å². The van der Waals surface area contributed by atoms with Crippen molar-refractivity contribution in [1.29, 1.82) is 0 Å². The van der Waals surface area contributed by atoms with Crippen LogP contribution in [0, 0.1) is 5.82 Å². The van der Waals surface area contributed by atoms with E-state index in [0.717, 1.165) is 30.1 Å². The number of hydrogen-bond donors (Lipinski definition) is 1. The monoisotopic (exact) mass is 515 g/mol. The Kier molecular flexibility index (Phi) is 6.75. The van der Waals surface area contributed by atoms with E-state index in [9.17, 15) is 14.0 Å². The zero-order chi connectivity index (χ0) is 24.5. The Morgan fingerprint density at radius 1 is 1.03 bits per heavy atom. The summed E-state index contributed by atoms with van der Waals surface area (Å²) in [6.07, 6.45) is 2.80. The summed E-state index contributed by atoms with van der Waals surface area (Å²) in [5.74, 6) is 1.20. The number of fused-ring (bicyclic) bond motifs is 1. The molecule has 5 rings (SSSR count). The highest BCUT2D eigenvalue weighted by molar-refractivity contribution is 6.36. The first-order valence-electron chi connectivity index (χ1n) is 11.6. The number of nitrogens with one attached hydrogen (secondary N) is 1. The molecule has 0 bridgehead atoms. The average Bonchev–Trinajstić information content (AvgIpc) is 3.46. The molecule has 1 N–H and O–H groups in total. The quantitative estimate of drug-likeness (QED) is 0.540. The average molecular weight is 516 g/mol. The van der Waals surface area contributed by atoms with Crippen LogP contribution in [0.2, 0.25) is 10.0 Å². The predicted octanol–water partition coefficient (Wildman–Crippen LogP) is 4.55. The molecule has 35 heavy (non-hydrogen) atoms. The van der Waals surface area contributed by atoms with Gasteiger partial charge in [-0.2, -0.15) is 0 Å². The maximum Gasteiger partial charge on any atom is 0.255 e. The van der Waals surface area contributed by atoms with Gasteiger partial charge in [0.1, 0.15) is 23.5 Å². The number of nitrogens with zero attached hydrogens (tertiary/aromatic N) is 4. The maximum atomic E-state index is 13.1. The summed E-state index contributed by atoms with van der Waals surface area (Å²) >= 11 is 12.2. The van der Waals surface area contributed by atoms with Crippen molar-refractivity contribution in [1.82, 2.24) is 25.0 Å². The Labute approximate surface area is 212 Å². The van der Waals surface area contributed by atoms with Crippen molar-refractivity contribution in [2.45, 2.75) is 44.2 Å². The molecule has 2 aromatic carbocycles. The standard InChI is InChI=1S/C25H24Cl2FN5O2/c26-17-3-6-19(20(27)13-17)25(35)32-11-9-16(10-12-32)23-31-30-22-8-7-21(33(22)23)24(34)29-14-15-1-4-18(28)5-2-15/h1-6,13,16,21H,7-12,14H2,(H,29,34). The first-order valence-corrected chi connectivity index (χ1v) is 12.4. The normalized spacial score (nSPS) is 17.9. The lowest BCUT2D eigenvalue weighted by Gasteiger charge is -2.32. The van der Waals surface area contributed by atoms with Crippen LogP contribution in [-0.2, 0) is 17.8 Å². The number of benzene rings is 2. The smallest absolute Gasteiger partial charge is 0.255 e. The first-order chi connectivity index (χ1) is 16.9. The number of piperidine rings is 1. The molecule has 1 atom stereocenters. The van der Waals surface area contributed by atoms with Gasteiger partial charge >= 0.3 is 0 Å². The van der Waals surface area contributed by atoms with Crippen LogP contribution < -0.4 is 5.32 Å². The molecular formula is C25H24Cl2FN5O2. The Hall–Kier alpha value is -2.97. The third kappa shape index (κ3) is 4.90. The molecule has 0 spiro atoms. The number of hydrogen-bond acceptors (Lipinski definition) is 4. The van der Waals surface area contributed by atoms with Crippen molar-refractivity contribution >= 4 is 35.0 Å². The molecule has 2 aliphatic rings. The van der Waals surface area contributed by atoms with Crippen molar-refractivity contribution in [2.24, 2.45) is 0 Å².